The van der Waals surface area contributed by atoms with Crippen molar-refractivity contribution >= 4 is 28.0 Å². The van der Waals surface area contributed by atoms with Gasteiger partial charge in [0, 0.05) is 48.6 Å². The molecule has 1 aliphatic heterocycles. The van der Waals surface area contributed by atoms with E-state index in [2.05, 4.69) is 11.9 Å². The number of carbonyl (C=O) groups excluding carboxylic acids is 1. The van der Waals surface area contributed by atoms with E-state index in [-0.39, 0.29) is 29.1 Å². The first kappa shape index (κ1) is 24.5. The lowest BCUT2D eigenvalue weighted by Gasteiger charge is -2.30. The third-order valence-corrected chi connectivity index (χ3v) is 9.18. The van der Waals surface area contributed by atoms with Crippen LogP contribution in [0.5, 0.6) is 5.75 Å². The van der Waals surface area contributed by atoms with Crippen molar-refractivity contribution < 1.29 is 18.3 Å². The van der Waals surface area contributed by atoms with Gasteiger partial charge in [0.05, 0.1) is 18.3 Å². The zero-order chi connectivity index (χ0) is 27.2. The second-order valence-electron chi connectivity index (χ2n) is 11.8. The number of amides is 1. The standard InChI is InChI=1S/C29H32F2N6O2/c1-29-9-8-20(24(29)32)37(14-29)28(38)17-10-19-23(22(12-17)39-3)35(2)27(34-19)21-11-16-6-7-18(25(30)31)33-26(16)36(21)13-15-4-5-15/h6-7,10-12,15,20,24-25H,4-5,8-9,13-14,32H2,1-3H3/t20-,24+,29-/m1/s1. The van der Waals surface area contributed by atoms with E-state index >= 15 is 0 Å². The van der Waals surface area contributed by atoms with Gasteiger partial charge in [-0.15, -0.1) is 0 Å². The second kappa shape index (κ2) is 8.48. The number of aryl methyl sites for hydroxylation is 1. The number of pyridine rings is 1. The molecule has 1 saturated heterocycles. The number of benzene rings is 1. The molecule has 1 aromatic carbocycles. The van der Waals surface area contributed by atoms with Crippen molar-refractivity contribution in [3.05, 3.63) is 41.6 Å². The van der Waals surface area contributed by atoms with E-state index in [4.69, 9.17) is 15.5 Å². The molecule has 2 aliphatic carbocycles. The third kappa shape index (κ3) is 3.67. The van der Waals surface area contributed by atoms with E-state index in [1.807, 2.05) is 33.2 Å². The quantitative estimate of drug-likeness (QED) is 0.380. The largest absolute Gasteiger partial charge is 0.494 e. The number of carbonyl (C=O) groups is 1. The van der Waals surface area contributed by atoms with Gasteiger partial charge in [-0.05, 0) is 61.9 Å². The van der Waals surface area contributed by atoms with Gasteiger partial charge in [-0.2, -0.15) is 0 Å². The molecule has 7 rings (SSSR count). The molecule has 3 atom stereocenters. The highest BCUT2D eigenvalue weighted by Gasteiger charge is 2.54. The lowest BCUT2D eigenvalue weighted by molar-refractivity contribution is 0.0676. The molecule has 204 valence electrons. The Labute approximate surface area is 224 Å². The Bertz CT molecular complexity index is 1640. The van der Waals surface area contributed by atoms with Gasteiger partial charge in [-0.3, -0.25) is 4.79 Å². The summed E-state index contributed by atoms with van der Waals surface area (Å²) in [7, 11) is 3.50. The predicted octanol–water partition coefficient (Wildman–Crippen LogP) is 4.90. The first-order valence-corrected chi connectivity index (χ1v) is 13.6. The zero-order valence-corrected chi connectivity index (χ0v) is 22.3. The van der Waals surface area contributed by atoms with Crippen LogP contribution in [-0.2, 0) is 13.6 Å². The Balaban J connectivity index is 1.34. The topological polar surface area (TPSA) is 91.2 Å². The molecule has 10 heteroatoms. The van der Waals surface area contributed by atoms with Gasteiger partial charge in [0.25, 0.3) is 12.3 Å². The van der Waals surface area contributed by atoms with Crippen LogP contribution in [-0.4, -0.2) is 55.6 Å². The maximum atomic E-state index is 13.7. The maximum absolute atomic E-state index is 13.7. The SMILES string of the molecule is COc1cc(C(=O)N2C[C@@]3(C)CC[C@@H]2[C@@H]3N)cc2nc(-c3cc4ccc(C(F)F)nc4n3CC3CC3)n(C)c12. The second-order valence-corrected chi connectivity index (χ2v) is 11.8. The van der Waals surface area contributed by atoms with Gasteiger partial charge in [0.2, 0.25) is 0 Å². The number of piperidine rings is 1. The molecule has 2 bridgehead atoms. The van der Waals surface area contributed by atoms with Crippen LogP contribution in [0.25, 0.3) is 33.6 Å². The number of hydrogen-bond acceptors (Lipinski definition) is 5. The average molecular weight is 535 g/mol. The number of nitrogens with two attached hydrogens (primary N) is 1. The molecule has 3 fully saturated rings. The Morgan fingerprint density at radius 2 is 2.00 bits per heavy atom. The molecule has 2 saturated carbocycles. The van der Waals surface area contributed by atoms with Crippen LogP contribution in [0.3, 0.4) is 0 Å². The molecule has 0 spiro atoms. The van der Waals surface area contributed by atoms with Gasteiger partial charge >= 0.3 is 0 Å². The summed E-state index contributed by atoms with van der Waals surface area (Å²) in [4.78, 5) is 24.9. The van der Waals surface area contributed by atoms with Crippen molar-refractivity contribution in [1.29, 1.82) is 0 Å². The molecular formula is C29H32F2N6O2. The first-order valence-electron chi connectivity index (χ1n) is 13.6. The summed E-state index contributed by atoms with van der Waals surface area (Å²) in [5.74, 6) is 1.66. The number of likely N-dealkylation sites (tertiary alicyclic amines) is 1. The summed E-state index contributed by atoms with van der Waals surface area (Å²) in [6, 6.07) is 8.68. The lowest BCUT2D eigenvalue weighted by atomic mass is 9.87. The van der Waals surface area contributed by atoms with Gasteiger partial charge in [0.15, 0.2) is 5.82 Å². The van der Waals surface area contributed by atoms with Crippen molar-refractivity contribution in [1.82, 2.24) is 24.0 Å². The van der Waals surface area contributed by atoms with E-state index in [0.29, 0.717) is 47.3 Å². The summed E-state index contributed by atoms with van der Waals surface area (Å²) < 4.78 is 36.7. The molecule has 1 amide bonds. The first-order chi connectivity index (χ1) is 18.7. The third-order valence-electron chi connectivity index (χ3n) is 9.18. The number of methoxy groups -OCH3 is 1. The normalized spacial score (nSPS) is 24.5. The van der Waals surface area contributed by atoms with Gasteiger partial charge < -0.3 is 24.5 Å². The number of alkyl halides is 2. The van der Waals surface area contributed by atoms with E-state index in [1.54, 1.807) is 19.2 Å². The summed E-state index contributed by atoms with van der Waals surface area (Å²) in [5.41, 5.74) is 9.48. The van der Waals surface area contributed by atoms with Crippen LogP contribution >= 0.6 is 0 Å². The lowest BCUT2D eigenvalue weighted by Crippen LogP contribution is -2.41. The molecule has 4 aromatic rings. The van der Waals surface area contributed by atoms with Crippen LogP contribution in [0, 0.1) is 11.3 Å². The van der Waals surface area contributed by atoms with Crippen LogP contribution in [0.4, 0.5) is 8.78 Å². The van der Waals surface area contributed by atoms with Crippen molar-refractivity contribution in [2.75, 3.05) is 13.7 Å². The highest BCUT2D eigenvalue weighted by Crippen LogP contribution is 2.47. The smallest absolute Gasteiger partial charge is 0.280 e. The molecule has 0 radical (unpaired) electrons. The number of hydrogen-bond donors (Lipinski definition) is 1. The fraction of sp³-hybridized carbons (Fsp3) is 0.483. The number of rotatable bonds is 6. The number of ether oxygens (including phenoxy) is 1. The van der Waals surface area contributed by atoms with Gasteiger partial charge in [-0.1, -0.05) is 6.92 Å². The minimum Gasteiger partial charge on any atom is -0.494 e. The predicted molar refractivity (Wildman–Crippen MR) is 144 cm³/mol. The molecule has 3 aromatic heterocycles. The van der Waals surface area contributed by atoms with Crippen LogP contribution < -0.4 is 10.5 Å². The summed E-state index contributed by atoms with van der Waals surface area (Å²) in [6.07, 6.45) is 1.53. The molecule has 2 N–H and O–H groups in total. The van der Waals surface area contributed by atoms with Crippen molar-refractivity contribution in [2.45, 2.75) is 57.7 Å². The van der Waals surface area contributed by atoms with E-state index in [9.17, 15) is 13.6 Å². The summed E-state index contributed by atoms with van der Waals surface area (Å²) in [6.45, 7) is 3.51. The molecule has 8 nitrogen and oxygen atoms in total. The number of fused-ring (bicyclic) bond motifs is 4. The zero-order valence-electron chi connectivity index (χ0n) is 22.3. The number of halogens is 2. The minimum absolute atomic E-state index is 0.0129. The van der Waals surface area contributed by atoms with Crippen LogP contribution in [0.15, 0.2) is 30.3 Å². The highest BCUT2D eigenvalue weighted by molar-refractivity contribution is 6.00. The van der Waals surface area contributed by atoms with Crippen molar-refractivity contribution in [3.63, 3.8) is 0 Å². The number of nitrogens with zero attached hydrogens (tertiary/aromatic N) is 5. The van der Waals surface area contributed by atoms with Crippen LogP contribution in [0.1, 0.15) is 55.1 Å². The Morgan fingerprint density at radius 1 is 1.21 bits per heavy atom. The maximum Gasteiger partial charge on any atom is 0.280 e. The molecular weight excluding hydrogens is 502 g/mol. The number of aromatic nitrogens is 4. The Morgan fingerprint density at radius 3 is 2.64 bits per heavy atom. The molecule has 0 unspecified atom stereocenters. The van der Waals surface area contributed by atoms with Crippen molar-refractivity contribution in [3.8, 4) is 17.3 Å². The van der Waals surface area contributed by atoms with E-state index in [1.165, 1.54) is 6.07 Å². The molecule has 39 heavy (non-hydrogen) atoms. The highest BCUT2D eigenvalue weighted by atomic mass is 19.3. The van der Waals surface area contributed by atoms with E-state index < -0.39 is 6.43 Å². The summed E-state index contributed by atoms with van der Waals surface area (Å²) >= 11 is 0. The fourth-order valence-corrected chi connectivity index (χ4v) is 6.73. The van der Waals surface area contributed by atoms with E-state index in [0.717, 1.165) is 42.3 Å². The van der Waals surface area contributed by atoms with Gasteiger partial charge in [0.1, 0.15) is 22.6 Å². The fourth-order valence-electron chi connectivity index (χ4n) is 6.73. The Hall–Kier alpha value is -3.53. The minimum atomic E-state index is -2.64. The average Bonchev–Trinajstić information content (AvgIpc) is 3.42. The summed E-state index contributed by atoms with van der Waals surface area (Å²) in [5, 5.41) is 0.791. The number of imidazole rings is 1. The van der Waals surface area contributed by atoms with Crippen LogP contribution in [0.2, 0.25) is 0 Å². The molecule has 4 heterocycles. The Kier molecular flexibility index (Phi) is 5.33. The monoisotopic (exact) mass is 534 g/mol. The van der Waals surface area contributed by atoms with Crippen molar-refractivity contribution in [2.24, 2.45) is 24.1 Å². The van der Waals surface area contributed by atoms with Gasteiger partial charge in [-0.25, -0.2) is 18.7 Å². The molecule has 3 aliphatic rings.